The van der Waals surface area contributed by atoms with Gasteiger partial charge in [0.2, 0.25) is 0 Å². The van der Waals surface area contributed by atoms with E-state index in [1.165, 1.54) is 4.90 Å². The number of nitrogens with one attached hydrogen (secondary N) is 1. The Morgan fingerprint density at radius 1 is 0.839 bits per heavy atom. The number of hydrogen-bond donors (Lipinski definition) is 1. The molecule has 156 valence electrons. The van der Waals surface area contributed by atoms with Crippen LogP contribution in [0.3, 0.4) is 0 Å². The van der Waals surface area contributed by atoms with Gasteiger partial charge < -0.3 is 10.1 Å². The van der Waals surface area contributed by atoms with Gasteiger partial charge in [-0.3, -0.25) is 9.59 Å². The van der Waals surface area contributed by atoms with Crippen molar-refractivity contribution in [1.29, 1.82) is 0 Å². The zero-order valence-corrected chi connectivity index (χ0v) is 18.2. The summed E-state index contributed by atoms with van der Waals surface area (Å²) < 4.78 is 5.18. The van der Waals surface area contributed by atoms with Gasteiger partial charge in [0.1, 0.15) is 11.4 Å². The third-order valence-electron chi connectivity index (χ3n) is 5.32. The Morgan fingerprint density at radius 3 is 2.13 bits per heavy atom. The highest BCUT2D eigenvalue weighted by Crippen LogP contribution is 2.35. The summed E-state index contributed by atoms with van der Waals surface area (Å²) in [5, 5.41) is 3.74. The number of imide groups is 1. The summed E-state index contributed by atoms with van der Waals surface area (Å²) in [7, 11) is 1.56. The number of ether oxygens (including phenoxy) is 1. The molecule has 1 aliphatic heterocycles. The Bertz CT molecular complexity index is 1200. The highest BCUT2D eigenvalue weighted by Gasteiger charge is 2.40. The van der Waals surface area contributed by atoms with Crippen LogP contribution in [0.5, 0.6) is 5.75 Å². The Labute approximate surface area is 185 Å². The van der Waals surface area contributed by atoms with Gasteiger partial charge in [-0.15, -0.1) is 0 Å². The summed E-state index contributed by atoms with van der Waals surface area (Å²) in [6.07, 6.45) is 0. The fraction of sp³-hybridized carbons (Fsp3) is 0.120. The molecule has 0 aliphatic carbocycles. The first-order chi connectivity index (χ1) is 14.9. The average molecular weight is 433 g/mol. The first-order valence-corrected chi connectivity index (χ1v) is 10.1. The second-order valence-corrected chi connectivity index (χ2v) is 7.76. The van der Waals surface area contributed by atoms with Crippen molar-refractivity contribution in [2.24, 2.45) is 0 Å². The number of carbonyl (C=O) groups excluding carboxylic acids is 2. The van der Waals surface area contributed by atoms with Crippen LogP contribution in [0.4, 0.5) is 11.4 Å². The summed E-state index contributed by atoms with van der Waals surface area (Å²) in [6.45, 7) is 4.02. The van der Waals surface area contributed by atoms with Gasteiger partial charge in [-0.05, 0) is 79.1 Å². The van der Waals surface area contributed by atoms with Gasteiger partial charge in [-0.2, -0.15) is 0 Å². The molecule has 1 N–H and O–H groups in total. The van der Waals surface area contributed by atoms with Gasteiger partial charge in [0.05, 0.1) is 18.4 Å². The van der Waals surface area contributed by atoms with Crippen LogP contribution < -0.4 is 15.0 Å². The summed E-state index contributed by atoms with van der Waals surface area (Å²) in [5.74, 6) is -0.177. The van der Waals surface area contributed by atoms with Crippen LogP contribution in [0.1, 0.15) is 16.7 Å². The molecule has 6 heteroatoms. The van der Waals surface area contributed by atoms with Gasteiger partial charge >= 0.3 is 0 Å². The van der Waals surface area contributed by atoms with E-state index in [-0.39, 0.29) is 5.70 Å². The molecule has 3 aromatic rings. The quantitative estimate of drug-likeness (QED) is 0.551. The van der Waals surface area contributed by atoms with Crippen molar-refractivity contribution in [3.8, 4) is 5.75 Å². The SMILES string of the molecule is COc1ccc(N2C(=O)C(Nc3ccc(C)c(C)c3)=C(c3ccc(Cl)cc3)C2=O)cc1. The van der Waals surface area contributed by atoms with Crippen molar-refractivity contribution in [3.63, 3.8) is 0 Å². The first-order valence-electron chi connectivity index (χ1n) is 9.76. The molecule has 0 radical (unpaired) electrons. The smallest absolute Gasteiger partial charge is 0.282 e. The number of carbonyl (C=O) groups is 2. The number of benzene rings is 3. The normalized spacial score (nSPS) is 13.7. The molecule has 0 spiro atoms. The van der Waals surface area contributed by atoms with E-state index in [2.05, 4.69) is 5.32 Å². The van der Waals surface area contributed by atoms with Crippen molar-refractivity contribution in [2.45, 2.75) is 13.8 Å². The van der Waals surface area contributed by atoms with E-state index in [1.807, 2.05) is 32.0 Å². The van der Waals surface area contributed by atoms with E-state index < -0.39 is 11.8 Å². The van der Waals surface area contributed by atoms with Crippen molar-refractivity contribution in [2.75, 3.05) is 17.3 Å². The van der Waals surface area contributed by atoms with Gasteiger partial charge in [0, 0.05) is 10.7 Å². The topological polar surface area (TPSA) is 58.6 Å². The number of methoxy groups -OCH3 is 1. The Hall–Kier alpha value is -3.57. The van der Waals surface area contributed by atoms with Crippen LogP contribution in [0.15, 0.2) is 72.4 Å². The van der Waals surface area contributed by atoms with E-state index >= 15 is 0 Å². The highest BCUT2D eigenvalue weighted by molar-refractivity contribution is 6.46. The van der Waals surface area contributed by atoms with Gasteiger partial charge in [-0.25, -0.2) is 4.90 Å². The molecular formula is C25H21ClN2O3. The molecule has 0 bridgehead atoms. The number of halogens is 1. The molecule has 0 aromatic heterocycles. The lowest BCUT2D eigenvalue weighted by atomic mass is 10.0. The third kappa shape index (κ3) is 3.92. The van der Waals surface area contributed by atoms with Crippen molar-refractivity contribution in [1.82, 2.24) is 0 Å². The maximum absolute atomic E-state index is 13.4. The van der Waals surface area contributed by atoms with Crippen molar-refractivity contribution in [3.05, 3.63) is 94.1 Å². The monoisotopic (exact) mass is 432 g/mol. The second-order valence-electron chi connectivity index (χ2n) is 7.32. The summed E-state index contributed by atoms with van der Waals surface area (Å²) in [4.78, 5) is 28.0. The van der Waals surface area contributed by atoms with E-state index in [4.69, 9.17) is 16.3 Å². The van der Waals surface area contributed by atoms with Crippen LogP contribution in [0, 0.1) is 13.8 Å². The predicted octanol–water partition coefficient (Wildman–Crippen LogP) is 5.36. The predicted molar refractivity (Wildman–Crippen MR) is 123 cm³/mol. The number of hydrogen-bond acceptors (Lipinski definition) is 4. The maximum Gasteiger partial charge on any atom is 0.282 e. The van der Waals surface area contributed by atoms with E-state index in [1.54, 1.807) is 55.6 Å². The molecule has 5 nitrogen and oxygen atoms in total. The molecule has 2 amide bonds. The molecule has 1 aliphatic rings. The van der Waals surface area contributed by atoms with Crippen LogP contribution in [-0.2, 0) is 9.59 Å². The second kappa shape index (κ2) is 8.28. The average Bonchev–Trinajstić information content (AvgIpc) is 3.01. The number of anilines is 2. The summed E-state index contributed by atoms with van der Waals surface area (Å²) >= 11 is 6.03. The lowest BCUT2D eigenvalue weighted by molar-refractivity contribution is -0.120. The highest BCUT2D eigenvalue weighted by atomic mass is 35.5. The van der Waals surface area contributed by atoms with Crippen LogP contribution in [0.2, 0.25) is 5.02 Å². The van der Waals surface area contributed by atoms with Gasteiger partial charge in [0.15, 0.2) is 0 Å². The molecule has 4 rings (SSSR count). The molecule has 0 saturated heterocycles. The molecule has 0 saturated carbocycles. The fourth-order valence-corrected chi connectivity index (χ4v) is 3.59. The number of rotatable bonds is 5. The molecule has 31 heavy (non-hydrogen) atoms. The molecule has 0 unspecified atom stereocenters. The summed E-state index contributed by atoms with van der Waals surface area (Å²) in [6, 6.07) is 19.5. The zero-order valence-electron chi connectivity index (χ0n) is 17.4. The van der Waals surface area contributed by atoms with Crippen molar-refractivity contribution >= 4 is 40.4 Å². The third-order valence-corrected chi connectivity index (χ3v) is 5.58. The molecule has 0 fully saturated rings. The Morgan fingerprint density at radius 2 is 1.52 bits per heavy atom. The lowest BCUT2D eigenvalue weighted by Crippen LogP contribution is -2.32. The van der Waals surface area contributed by atoms with E-state index in [0.717, 1.165) is 16.8 Å². The van der Waals surface area contributed by atoms with Crippen LogP contribution >= 0.6 is 11.6 Å². The largest absolute Gasteiger partial charge is 0.497 e. The standard InChI is InChI=1S/C25H21ClN2O3/c1-15-4-9-19(14-16(15)2)27-23-22(17-5-7-18(26)8-6-17)24(29)28(25(23)30)20-10-12-21(31-3)13-11-20/h4-14,27H,1-3H3. The van der Waals surface area contributed by atoms with Crippen LogP contribution in [-0.4, -0.2) is 18.9 Å². The van der Waals surface area contributed by atoms with Gasteiger partial charge in [-0.1, -0.05) is 29.8 Å². The maximum atomic E-state index is 13.4. The van der Waals surface area contributed by atoms with Crippen LogP contribution in [0.25, 0.3) is 5.57 Å². The Kier molecular flexibility index (Phi) is 5.53. The molecule has 0 atom stereocenters. The fourth-order valence-electron chi connectivity index (χ4n) is 3.46. The molecule has 3 aromatic carbocycles. The number of aryl methyl sites for hydroxylation is 2. The van der Waals surface area contributed by atoms with Gasteiger partial charge in [0.25, 0.3) is 11.8 Å². The Balaban J connectivity index is 1.80. The summed E-state index contributed by atoms with van der Waals surface area (Å²) in [5.41, 5.74) is 4.59. The molecule has 1 heterocycles. The number of nitrogens with zero attached hydrogens (tertiary/aromatic N) is 1. The minimum atomic E-state index is -0.418. The zero-order chi connectivity index (χ0) is 22.1. The van der Waals surface area contributed by atoms with E-state index in [9.17, 15) is 9.59 Å². The molecular weight excluding hydrogens is 412 g/mol. The van der Waals surface area contributed by atoms with Crippen molar-refractivity contribution < 1.29 is 14.3 Å². The number of amides is 2. The van der Waals surface area contributed by atoms with E-state index in [0.29, 0.717) is 27.6 Å². The first kappa shape index (κ1) is 20.7. The minimum Gasteiger partial charge on any atom is -0.497 e. The minimum absolute atomic E-state index is 0.228. The lowest BCUT2D eigenvalue weighted by Gasteiger charge is -2.16.